The molecule has 4 fully saturated rings. The van der Waals surface area contributed by atoms with Gasteiger partial charge in [-0.2, -0.15) is 0 Å². The third kappa shape index (κ3) is 9.05. The molecule has 302 valence electrons. The summed E-state index contributed by atoms with van der Waals surface area (Å²) >= 11 is 0. The summed E-state index contributed by atoms with van der Waals surface area (Å²) in [6.45, 7) is -3.27. The van der Waals surface area contributed by atoms with E-state index in [2.05, 4.69) is 0 Å². The highest BCUT2D eigenvalue weighted by Gasteiger charge is 2.54. The zero-order chi connectivity index (χ0) is 38.7. The molecular formula is C30H45NO22. The second-order valence-corrected chi connectivity index (χ2v) is 12.9. The number of rotatable bonds is 13. The van der Waals surface area contributed by atoms with Crippen LogP contribution in [0.3, 0.4) is 0 Å². The molecule has 0 spiro atoms. The van der Waals surface area contributed by atoms with Crippen molar-refractivity contribution in [3.63, 3.8) is 0 Å². The fourth-order valence-electron chi connectivity index (χ4n) is 6.39. The van der Waals surface area contributed by atoms with Crippen molar-refractivity contribution in [2.75, 3.05) is 26.4 Å². The highest BCUT2D eigenvalue weighted by atomic mass is 16.8. The second kappa shape index (κ2) is 18.1. The molecule has 23 nitrogen and oxygen atoms in total. The Hall–Kier alpha value is -2.34. The van der Waals surface area contributed by atoms with Gasteiger partial charge < -0.3 is 99.2 Å². The number of nitrogens with zero attached hydrogens (tertiary/aromatic N) is 1. The largest absolute Gasteiger partial charge is 0.465 e. The van der Waals surface area contributed by atoms with Crippen LogP contribution in [0.15, 0.2) is 24.3 Å². The zero-order valence-corrected chi connectivity index (χ0v) is 27.7. The third-order valence-electron chi connectivity index (χ3n) is 9.39. The van der Waals surface area contributed by atoms with E-state index in [-0.39, 0.29) is 17.9 Å². The summed E-state index contributed by atoms with van der Waals surface area (Å²) in [5.41, 5.74) is -0.200. The normalized spacial score (nSPS) is 45.1. The van der Waals surface area contributed by atoms with Gasteiger partial charge in [0.1, 0.15) is 91.2 Å². The topological polar surface area (TPSA) is 360 Å². The van der Waals surface area contributed by atoms with E-state index < -0.39 is 148 Å². The zero-order valence-electron chi connectivity index (χ0n) is 27.7. The van der Waals surface area contributed by atoms with Crippen molar-refractivity contribution in [1.82, 2.24) is 0 Å². The predicted molar refractivity (Wildman–Crippen MR) is 164 cm³/mol. The number of hydrogen-bond acceptors (Lipinski definition) is 22. The molecule has 53 heavy (non-hydrogen) atoms. The van der Waals surface area contributed by atoms with E-state index in [1.165, 1.54) is 24.3 Å². The molecule has 12 N–H and O–H groups in total. The molecule has 0 unspecified atom stereocenters. The fourth-order valence-corrected chi connectivity index (χ4v) is 6.39. The van der Waals surface area contributed by atoms with Gasteiger partial charge in [-0.05, 0) is 12.1 Å². The van der Waals surface area contributed by atoms with Crippen LogP contribution in [0.1, 0.15) is 6.42 Å². The van der Waals surface area contributed by atoms with Gasteiger partial charge in [0.15, 0.2) is 18.9 Å². The summed E-state index contributed by atoms with van der Waals surface area (Å²) in [4.78, 5) is 10.4. The van der Waals surface area contributed by atoms with Crippen LogP contribution < -0.4 is 4.74 Å². The van der Waals surface area contributed by atoms with Gasteiger partial charge in [0.2, 0.25) is 6.29 Å². The standard InChI is InChI=1S/C30H45NO22/c32-6-13-18(36)12(5-17(47-13)46-11-3-1-10(2-4-11)31(44)45)48-28-24(42)21(39)26(15(8-34)50-28)53-30-25(43)22(40)27(16(9-35)51-30)52-29-23(41)20(38)19(37)14(7-33)49-29/h1-4,12-30,32-43H,5-9H2/t12-,13-,14-,15-,16-,17-,18+,19-,20+,21-,22-,23-,24-,25-,26-,27-,28-,29+,30+/m1/s1. The van der Waals surface area contributed by atoms with Gasteiger partial charge in [0.05, 0.1) is 37.5 Å². The van der Waals surface area contributed by atoms with Crippen LogP contribution in [0.25, 0.3) is 0 Å². The van der Waals surface area contributed by atoms with Crippen molar-refractivity contribution in [2.45, 2.75) is 123 Å². The predicted octanol–water partition coefficient (Wildman–Crippen LogP) is -6.72. The molecule has 4 aliphatic heterocycles. The lowest BCUT2D eigenvalue weighted by molar-refractivity contribution is -0.385. The third-order valence-corrected chi connectivity index (χ3v) is 9.39. The number of benzene rings is 1. The molecule has 19 atom stereocenters. The van der Waals surface area contributed by atoms with E-state index in [0.29, 0.717) is 0 Å². The molecule has 1 aromatic rings. The van der Waals surface area contributed by atoms with Gasteiger partial charge in [-0.3, -0.25) is 10.1 Å². The quantitative estimate of drug-likeness (QED) is 0.0655. The Morgan fingerprint density at radius 1 is 0.566 bits per heavy atom. The van der Waals surface area contributed by atoms with Crippen LogP contribution >= 0.6 is 0 Å². The number of hydrogen-bond donors (Lipinski definition) is 12. The van der Waals surface area contributed by atoms with Crippen molar-refractivity contribution in [3.05, 3.63) is 34.4 Å². The van der Waals surface area contributed by atoms with Crippen molar-refractivity contribution >= 4 is 5.69 Å². The monoisotopic (exact) mass is 771 g/mol. The minimum atomic E-state index is -2.02. The molecule has 0 amide bonds. The lowest BCUT2D eigenvalue weighted by atomic mass is 9.96. The first-order valence-corrected chi connectivity index (χ1v) is 16.6. The van der Waals surface area contributed by atoms with Gasteiger partial charge in [-0.25, -0.2) is 0 Å². The number of nitro groups is 1. The number of ether oxygens (including phenoxy) is 8. The van der Waals surface area contributed by atoms with Crippen LogP contribution in [-0.2, 0) is 33.2 Å². The molecular weight excluding hydrogens is 726 g/mol. The van der Waals surface area contributed by atoms with Crippen LogP contribution in [0.2, 0.25) is 0 Å². The highest BCUT2D eigenvalue weighted by molar-refractivity contribution is 5.36. The first-order chi connectivity index (χ1) is 25.2. The molecule has 0 bridgehead atoms. The summed E-state index contributed by atoms with van der Waals surface area (Å²) in [6, 6.07) is 4.97. The van der Waals surface area contributed by atoms with E-state index in [0.717, 1.165) is 0 Å². The first kappa shape index (κ1) is 41.8. The van der Waals surface area contributed by atoms with Gasteiger partial charge in [0.25, 0.3) is 5.69 Å². The second-order valence-electron chi connectivity index (χ2n) is 12.9. The summed E-state index contributed by atoms with van der Waals surface area (Å²) in [7, 11) is 0. The maximum atomic E-state index is 11.1. The molecule has 0 aromatic heterocycles. The van der Waals surface area contributed by atoms with Crippen molar-refractivity contribution in [3.8, 4) is 5.75 Å². The minimum Gasteiger partial charge on any atom is -0.465 e. The van der Waals surface area contributed by atoms with E-state index in [9.17, 15) is 71.4 Å². The summed E-state index contributed by atoms with van der Waals surface area (Å²) < 4.78 is 44.7. The highest BCUT2D eigenvalue weighted by Crippen LogP contribution is 2.34. The molecule has 0 saturated carbocycles. The molecule has 0 radical (unpaired) electrons. The molecule has 1 aromatic carbocycles. The number of non-ortho nitro benzene ring substituents is 1. The molecule has 4 saturated heterocycles. The van der Waals surface area contributed by atoms with Gasteiger partial charge in [0, 0.05) is 18.6 Å². The SMILES string of the molecule is O=[N+]([O-])c1ccc(O[C@H]2C[C@@H](O[C@@H]3O[C@H](CO)[C@@H](O[C@@H]4O[C@H](CO)[C@@H](O[C@@H]5O[C@H](CO)[C@@H](O)[C@H](O)[C@H]5O)[C@H](O)[C@H]4O)[C@H](O)[C@H]3O)[C@H](O)[C@@H](CO)O2)cc1. The molecule has 5 rings (SSSR count). The Kier molecular flexibility index (Phi) is 14.3. The van der Waals surface area contributed by atoms with Crippen LogP contribution in [0, 0.1) is 10.1 Å². The summed E-state index contributed by atoms with van der Waals surface area (Å²) in [5.74, 6) is 0.143. The first-order valence-electron chi connectivity index (χ1n) is 16.6. The van der Waals surface area contributed by atoms with Gasteiger partial charge in [-0.1, -0.05) is 0 Å². The van der Waals surface area contributed by atoms with Gasteiger partial charge >= 0.3 is 0 Å². The Morgan fingerprint density at radius 2 is 1.00 bits per heavy atom. The Labute approximate surface area is 299 Å². The van der Waals surface area contributed by atoms with E-state index in [4.69, 9.17) is 37.9 Å². The Morgan fingerprint density at radius 3 is 1.47 bits per heavy atom. The molecule has 23 heteroatoms. The number of aliphatic hydroxyl groups is 12. The minimum absolute atomic E-state index is 0.143. The fraction of sp³-hybridized carbons (Fsp3) is 0.800. The van der Waals surface area contributed by atoms with Crippen LogP contribution in [0.4, 0.5) is 5.69 Å². The van der Waals surface area contributed by atoms with Crippen molar-refractivity contribution in [1.29, 1.82) is 0 Å². The Balaban J connectivity index is 1.23. The van der Waals surface area contributed by atoms with E-state index in [1.54, 1.807) is 0 Å². The number of aliphatic hydroxyl groups excluding tert-OH is 12. The summed E-state index contributed by atoms with van der Waals surface area (Å²) in [5, 5.41) is 135. The molecule has 0 aliphatic carbocycles. The van der Waals surface area contributed by atoms with Crippen LogP contribution in [0.5, 0.6) is 5.75 Å². The average Bonchev–Trinajstić information content (AvgIpc) is 3.15. The average molecular weight is 772 g/mol. The maximum Gasteiger partial charge on any atom is 0.269 e. The van der Waals surface area contributed by atoms with Crippen LogP contribution in [-0.4, -0.2) is 209 Å². The lowest BCUT2D eigenvalue weighted by Crippen LogP contribution is -2.67. The molecule has 4 aliphatic rings. The van der Waals surface area contributed by atoms with E-state index >= 15 is 0 Å². The smallest absolute Gasteiger partial charge is 0.269 e. The van der Waals surface area contributed by atoms with Crippen molar-refractivity contribution in [2.24, 2.45) is 0 Å². The number of nitro benzene ring substituents is 1. The lowest BCUT2D eigenvalue weighted by Gasteiger charge is -2.48. The van der Waals surface area contributed by atoms with E-state index in [1.807, 2.05) is 0 Å². The van der Waals surface area contributed by atoms with Crippen molar-refractivity contribution < 1.29 is 104 Å². The maximum absolute atomic E-state index is 11.1. The Bertz CT molecular complexity index is 1310. The summed E-state index contributed by atoms with van der Waals surface area (Å²) in [6.07, 6.45) is -32.0. The molecule has 4 heterocycles. The van der Waals surface area contributed by atoms with Gasteiger partial charge in [-0.15, -0.1) is 0 Å².